The molecule has 0 unspecified atom stereocenters. The zero-order valence-corrected chi connectivity index (χ0v) is 10.4. The molecule has 9 heteroatoms. The van der Waals surface area contributed by atoms with Gasteiger partial charge in [-0.05, 0) is 19.3 Å². The number of unbranched alkanes of at least 4 members (excludes halogenated alkanes) is 2. The van der Waals surface area contributed by atoms with Gasteiger partial charge in [-0.15, -0.1) is 0 Å². The Balaban J connectivity index is 3.96. The van der Waals surface area contributed by atoms with Crippen molar-refractivity contribution in [1.82, 2.24) is 10.2 Å². The second-order valence-electron chi connectivity index (χ2n) is 3.87. The van der Waals surface area contributed by atoms with Crippen molar-refractivity contribution in [1.29, 1.82) is 0 Å². The highest BCUT2D eigenvalue weighted by molar-refractivity contribution is 5.81. The lowest BCUT2D eigenvalue weighted by atomic mass is 10.2. The van der Waals surface area contributed by atoms with Crippen LogP contribution in [0, 0.1) is 0 Å². The van der Waals surface area contributed by atoms with Crippen LogP contribution in [0.4, 0.5) is 18.0 Å². The minimum absolute atomic E-state index is 0.0391. The van der Waals surface area contributed by atoms with E-state index in [9.17, 15) is 22.8 Å². The molecular weight excluding hydrogens is 267 g/mol. The summed E-state index contributed by atoms with van der Waals surface area (Å²) in [4.78, 5) is 21.8. The summed E-state index contributed by atoms with van der Waals surface area (Å²) in [6.07, 6.45) is -4.64. The molecular formula is C10H18F3N3O3. The number of nitrogens with two attached hydrogens (primary N) is 1. The number of nitrogens with zero attached hydrogens (tertiary/aromatic N) is 1. The average molecular weight is 285 g/mol. The third-order valence-electron chi connectivity index (χ3n) is 2.31. The van der Waals surface area contributed by atoms with E-state index >= 15 is 0 Å². The van der Waals surface area contributed by atoms with Crippen LogP contribution < -0.4 is 11.1 Å². The second kappa shape index (κ2) is 8.57. The maximum absolute atomic E-state index is 12.2. The van der Waals surface area contributed by atoms with E-state index in [1.165, 1.54) is 0 Å². The number of hydrogen-bond donors (Lipinski definition) is 3. The van der Waals surface area contributed by atoms with Crippen LogP contribution in [0.5, 0.6) is 0 Å². The Kier molecular flexibility index (Phi) is 7.89. The van der Waals surface area contributed by atoms with Crippen LogP contribution in [0.2, 0.25) is 0 Å². The molecule has 0 aromatic rings. The lowest BCUT2D eigenvalue weighted by molar-refractivity contribution is -0.185. The number of amides is 2. The maximum Gasteiger partial charge on any atom is 0.471 e. The Bertz CT molecular complexity index is 297. The van der Waals surface area contributed by atoms with E-state index in [-0.39, 0.29) is 26.2 Å². The summed E-state index contributed by atoms with van der Waals surface area (Å²) in [6.45, 7) is 0.0101. The molecule has 0 bridgehead atoms. The third kappa shape index (κ3) is 8.25. The Morgan fingerprint density at radius 1 is 1.16 bits per heavy atom. The summed E-state index contributed by atoms with van der Waals surface area (Å²) in [6, 6.07) is 0. The maximum atomic E-state index is 12.2. The fourth-order valence-corrected chi connectivity index (χ4v) is 1.45. The summed E-state index contributed by atoms with van der Waals surface area (Å²) in [5.41, 5.74) is 5.16. The fourth-order valence-electron chi connectivity index (χ4n) is 1.45. The van der Waals surface area contributed by atoms with Crippen LogP contribution in [-0.2, 0) is 4.79 Å². The number of carbonyl (C=O) groups excluding carboxylic acids is 1. The Labute approximate surface area is 108 Å². The molecule has 0 fully saturated rings. The molecule has 19 heavy (non-hydrogen) atoms. The number of alkyl halides is 3. The van der Waals surface area contributed by atoms with Crippen LogP contribution in [0.15, 0.2) is 0 Å². The Morgan fingerprint density at radius 2 is 1.79 bits per heavy atom. The number of hydrogen-bond acceptors (Lipinski definition) is 3. The predicted octanol–water partition coefficient (Wildman–Crippen LogP) is 0.774. The first-order chi connectivity index (χ1) is 8.79. The number of carboxylic acid groups (broad SMARTS) is 1. The van der Waals surface area contributed by atoms with Crippen molar-refractivity contribution in [3.05, 3.63) is 0 Å². The zero-order chi connectivity index (χ0) is 14.9. The van der Waals surface area contributed by atoms with Crippen molar-refractivity contribution < 1.29 is 27.9 Å². The number of rotatable bonds is 8. The van der Waals surface area contributed by atoms with Gasteiger partial charge in [-0.25, -0.2) is 4.79 Å². The van der Waals surface area contributed by atoms with Gasteiger partial charge in [0.15, 0.2) is 0 Å². The summed E-state index contributed by atoms with van der Waals surface area (Å²) >= 11 is 0. The largest absolute Gasteiger partial charge is 0.471 e. The van der Waals surface area contributed by atoms with E-state index in [1.54, 1.807) is 0 Å². The standard InChI is InChI=1S/C10H18F3N3O3/c11-10(12,13)8(17)16(7-4-14)6-3-1-2-5-15-9(18)19/h15H,1-7,14H2,(H,18,19). The predicted molar refractivity (Wildman–Crippen MR) is 61.6 cm³/mol. The highest BCUT2D eigenvalue weighted by Crippen LogP contribution is 2.18. The molecule has 0 rings (SSSR count). The van der Waals surface area contributed by atoms with Gasteiger partial charge in [-0.3, -0.25) is 4.79 Å². The molecule has 0 saturated carbocycles. The van der Waals surface area contributed by atoms with Crippen LogP contribution >= 0.6 is 0 Å². The topological polar surface area (TPSA) is 95.7 Å². The molecule has 0 aliphatic carbocycles. The van der Waals surface area contributed by atoms with Crippen molar-refractivity contribution in [3.8, 4) is 0 Å². The van der Waals surface area contributed by atoms with Crippen molar-refractivity contribution in [2.45, 2.75) is 25.4 Å². The van der Waals surface area contributed by atoms with Crippen LogP contribution in [0.1, 0.15) is 19.3 Å². The van der Waals surface area contributed by atoms with Gasteiger partial charge in [0.1, 0.15) is 0 Å². The van der Waals surface area contributed by atoms with E-state index in [1.807, 2.05) is 0 Å². The van der Waals surface area contributed by atoms with E-state index in [2.05, 4.69) is 5.32 Å². The minimum Gasteiger partial charge on any atom is -0.465 e. The van der Waals surface area contributed by atoms with Crippen LogP contribution in [-0.4, -0.2) is 54.4 Å². The number of carbonyl (C=O) groups is 2. The van der Waals surface area contributed by atoms with Gasteiger partial charge >= 0.3 is 18.2 Å². The molecule has 112 valence electrons. The first-order valence-corrected chi connectivity index (χ1v) is 5.82. The van der Waals surface area contributed by atoms with E-state index in [4.69, 9.17) is 10.8 Å². The Morgan fingerprint density at radius 3 is 2.26 bits per heavy atom. The first kappa shape index (κ1) is 17.5. The van der Waals surface area contributed by atoms with Gasteiger partial charge in [0.2, 0.25) is 0 Å². The smallest absolute Gasteiger partial charge is 0.465 e. The van der Waals surface area contributed by atoms with Crippen molar-refractivity contribution in [2.75, 3.05) is 26.2 Å². The molecule has 0 spiro atoms. The molecule has 0 aromatic carbocycles. The number of halogens is 3. The highest BCUT2D eigenvalue weighted by atomic mass is 19.4. The molecule has 0 aromatic heterocycles. The molecule has 0 aliphatic heterocycles. The average Bonchev–Trinajstić information content (AvgIpc) is 2.29. The van der Waals surface area contributed by atoms with Crippen molar-refractivity contribution >= 4 is 12.0 Å². The summed E-state index contributed by atoms with van der Waals surface area (Å²) in [5.74, 6) is -1.89. The summed E-state index contributed by atoms with van der Waals surface area (Å²) in [7, 11) is 0. The first-order valence-electron chi connectivity index (χ1n) is 5.82. The molecule has 4 N–H and O–H groups in total. The molecule has 6 nitrogen and oxygen atoms in total. The molecule has 0 heterocycles. The third-order valence-corrected chi connectivity index (χ3v) is 2.31. The lowest BCUT2D eigenvalue weighted by Gasteiger charge is -2.23. The molecule has 0 atom stereocenters. The normalized spacial score (nSPS) is 11.2. The lowest BCUT2D eigenvalue weighted by Crippen LogP contribution is -2.44. The molecule has 0 saturated heterocycles. The zero-order valence-electron chi connectivity index (χ0n) is 10.4. The van der Waals surface area contributed by atoms with E-state index in [0.29, 0.717) is 24.2 Å². The van der Waals surface area contributed by atoms with Crippen molar-refractivity contribution in [2.24, 2.45) is 5.73 Å². The van der Waals surface area contributed by atoms with Gasteiger partial charge in [-0.2, -0.15) is 13.2 Å². The van der Waals surface area contributed by atoms with E-state index in [0.717, 1.165) is 0 Å². The van der Waals surface area contributed by atoms with Gasteiger partial charge in [0, 0.05) is 26.2 Å². The van der Waals surface area contributed by atoms with E-state index < -0.39 is 18.2 Å². The minimum atomic E-state index is -4.89. The second-order valence-corrected chi connectivity index (χ2v) is 3.87. The fraction of sp³-hybridized carbons (Fsp3) is 0.800. The summed E-state index contributed by atoms with van der Waals surface area (Å²) < 4.78 is 36.7. The van der Waals surface area contributed by atoms with Gasteiger partial charge in [0.25, 0.3) is 0 Å². The quantitative estimate of drug-likeness (QED) is 0.574. The van der Waals surface area contributed by atoms with Crippen molar-refractivity contribution in [3.63, 3.8) is 0 Å². The molecule has 0 aliphatic rings. The number of nitrogens with one attached hydrogen (secondary N) is 1. The van der Waals surface area contributed by atoms with Gasteiger partial charge < -0.3 is 21.1 Å². The highest BCUT2D eigenvalue weighted by Gasteiger charge is 2.41. The summed E-state index contributed by atoms with van der Waals surface area (Å²) in [5, 5.41) is 10.4. The van der Waals surface area contributed by atoms with Gasteiger partial charge in [-0.1, -0.05) is 0 Å². The molecule has 2 amide bonds. The van der Waals surface area contributed by atoms with Crippen LogP contribution in [0.3, 0.4) is 0 Å². The SMILES string of the molecule is NCCN(CCCCCNC(=O)O)C(=O)C(F)(F)F. The van der Waals surface area contributed by atoms with Gasteiger partial charge in [0.05, 0.1) is 0 Å². The Hall–Kier alpha value is -1.51. The molecule has 0 radical (unpaired) electrons. The monoisotopic (exact) mass is 285 g/mol. The van der Waals surface area contributed by atoms with Crippen LogP contribution in [0.25, 0.3) is 0 Å².